The van der Waals surface area contributed by atoms with Crippen molar-refractivity contribution in [1.82, 2.24) is 4.90 Å². The highest BCUT2D eigenvalue weighted by Gasteiger charge is 2.05. The third kappa shape index (κ3) is 3.56. The van der Waals surface area contributed by atoms with Crippen molar-refractivity contribution in [2.75, 3.05) is 39.1 Å². The molecule has 0 radical (unpaired) electrons. The number of rotatable bonds is 5. The Hall–Kier alpha value is -1.53. The zero-order chi connectivity index (χ0) is 12.0. The first-order valence-electron chi connectivity index (χ1n) is 5.50. The molecule has 0 fully saturated rings. The van der Waals surface area contributed by atoms with Crippen molar-refractivity contribution in [1.29, 1.82) is 5.26 Å². The van der Waals surface area contributed by atoms with E-state index in [2.05, 4.69) is 30.0 Å². The van der Waals surface area contributed by atoms with E-state index in [1.807, 2.05) is 31.3 Å². The molecule has 86 valence electrons. The Morgan fingerprint density at radius 3 is 2.44 bits per heavy atom. The van der Waals surface area contributed by atoms with Gasteiger partial charge in [-0.15, -0.1) is 0 Å². The van der Waals surface area contributed by atoms with Crippen molar-refractivity contribution in [3.63, 3.8) is 0 Å². The van der Waals surface area contributed by atoms with E-state index in [0.717, 1.165) is 30.8 Å². The van der Waals surface area contributed by atoms with Crippen molar-refractivity contribution >= 4 is 5.69 Å². The van der Waals surface area contributed by atoms with Crippen LogP contribution in [0.2, 0.25) is 0 Å². The predicted molar refractivity (Wildman–Crippen MR) is 67.6 cm³/mol. The third-order valence-electron chi connectivity index (χ3n) is 2.53. The molecule has 0 aliphatic carbocycles. The van der Waals surface area contributed by atoms with Crippen LogP contribution in [0.1, 0.15) is 12.0 Å². The molecule has 1 aromatic rings. The largest absolute Gasteiger partial charge is 0.373 e. The third-order valence-corrected chi connectivity index (χ3v) is 2.53. The van der Waals surface area contributed by atoms with Gasteiger partial charge in [0.2, 0.25) is 0 Å². The second-order valence-corrected chi connectivity index (χ2v) is 4.21. The molecule has 0 unspecified atom stereocenters. The van der Waals surface area contributed by atoms with Crippen LogP contribution in [0.15, 0.2) is 24.3 Å². The summed E-state index contributed by atoms with van der Waals surface area (Å²) in [5.41, 5.74) is 1.76. The molecule has 0 bridgehead atoms. The molecule has 0 aliphatic heterocycles. The van der Waals surface area contributed by atoms with E-state index in [9.17, 15) is 0 Å². The molecule has 0 saturated carbocycles. The second-order valence-electron chi connectivity index (χ2n) is 4.21. The Labute approximate surface area is 97.9 Å². The molecule has 0 atom stereocenters. The minimum Gasteiger partial charge on any atom is -0.373 e. The average Bonchev–Trinajstić information content (AvgIpc) is 2.28. The zero-order valence-electron chi connectivity index (χ0n) is 10.3. The van der Waals surface area contributed by atoms with E-state index in [1.165, 1.54) is 0 Å². The quantitative estimate of drug-likeness (QED) is 0.755. The van der Waals surface area contributed by atoms with Gasteiger partial charge in [-0.25, -0.2) is 0 Å². The summed E-state index contributed by atoms with van der Waals surface area (Å²) < 4.78 is 0. The van der Waals surface area contributed by atoms with Crippen LogP contribution in [-0.4, -0.2) is 39.1 Å². The molecule has 0 amide bonds. The van der Waals surface area contributed by atoms with Gasteiger partial charge in [-0.05, 0) is 39.2 Å². The van der Waals surface area contributed by atoms with Crippen LogP contribution in [0.3, 0.4) is 0 Å². The van der Waals surface area contributed by atoms with E-state index in [1.54, 1.807) is 0 Å². The first-order chi connectivity index (χ1) is 7.65. The maximum absolute atomic E-state index is 9.00. The molecular weight excluding hydrogens is 198 g/mol. The summed E-state index contributed by atoms with van der Waals surface area (Å²) >= 11 is 0. The Kier molecular flexibility index (Phi) is 4.81. The highest BCUT2D eigenvalue weighted by atomic mass is 15.1. The van der Waals surface area contributed by atoms with E-state index in [4.69, 9.17) is 5.26 Å². The molecule has 0 heterocycles. The highest BCUT2D eigenvalue weighted by molar-refractivity contribution is 5.58. The molecule has 3 nitrogen and oxygen atoms in total. The number of hydrogen-bond donors (Lipinski definition) is 0. The van der Waals surface area contributed by atoms with E-state index >= 15 is 0 Å². The summed E-state index contributed by atoms with van der Waals surface area (Å²) in [5.74, 6) is 0. The minimum absolute atomic E-state index is 0.745. The van der Waals surface area contributed by atoms with Crippen molar-refractivity contribution < 1.29 is 0 Å². The Morgan fingerprint density at radius 1 is 1.12 bits per heavy atom. The fourth-order valence-electron chi connectivity index (χ4n) is 1.65. The van der Waals surface area contributed by atoms with Gasteiger partial charge in [0, 0.05) is 13.6 Å². The fraction of sp³-hybridized carbons (Fsp3) is 0.462. The normalized spacial score (nSPS) is 10.2. The highest BCUT2D eigenvalue weighted by Crippen LogP contribution is 2.17. The fourth-order valence-corrected chi connectivity index (χ4v) is 1.65. The minimum atomic E-state index is 0.745. The molecular formula is C13H19N3. The molecule has 0 aliphatic rings. The Morgan fingerprint density at radius 2 is 1.81 bits per heavy atom. The summed E-state index contributed by atoms with van der Waals surface area (Å²) in [4.78, 5) is 4.31. The van der Waals surface area contributed by atoms with Gasteiger partial charge >= 0.3 is 0 Å². The van der Waals surface area contributed by atoms with E-state index in [-0.39, 0.29) is 0 Å². The summed E-state index contributed by atoms with van der Waals surface area (Å²) in [6.45, 7) is 2.04. The molecule has 1 rings (SSSR count). The lowest BCUT2D eigenvalue weighted by atomic mass is 10.2. The van der Waals surface area contributed by atoms with Gasteiger partial charge in [0.15, 0.2) is 0 Å². The Bertz CT molecular complexity index is 366. The predicted octanol–water partition coefficient (Wildman–Crippen LogP) is 1.95. The van der Waals surface area contributed by atoms with Gasteiger partial charge in [-0.2, -0.15) is 5.26 Å². The Balaban J connectivity index is 2.59. The molecule has 1 aromatic carbocycles. The number of hydrogen-bond acceptors (Lipinski definition) is 3. The summed E-state index contributed by atoms with van der Waals surface area (Å²) in [5, 5.41) is 9.00. The van der Waals surface area contributed by atoms with Crippen LogP contribution < -0.4 is 4.90 Å². The number of nitriles is 1. The first-order valence-corrected chi connectivity index (χ1v) is 5.50. The van der Waals surface area contributed by atoms with E-state index in [0.29, 0.717) is 0 Å². The molecule has 16 heavy (non-hydrogen) atoms. The monoisotopic (exact) mass is 217 g/mol. The van der Waals surface area contributed by atoms with E-state index < -0.39 is 0 Å². The van der Waals surface area contributed by atoms with Crippen molar-refractivity contribution in [2.24, 2.45) is 0 Å². The van der Waals surface area contributed by atoms with Crippen LogP contribution in [-0.2, 0) is 0 Å². The lowest BCUT2D eigenvalue weighted by Crippen LogP contribution is -2.23. The smallest absolute Gasteiger partial charge is 0.101 e. The number of para-hydroxylation sites is 1. The standard InChI is InChI=1S/C13H19N3/c1-15(2)9-6-10-16(3)13-8-5-4-7-12(13)11-14/h4-5,7-8H,6,9-10H2,1-3H3. The van der Waals surface area contributed by atoms with Crippen molar-refractivity contribution in [3.05, 3.63) is 29.8 Å². The van der Waals surface area contributed by atoms with Gasteiger partial charge < -0.3 is 9.80 Å². The van der Waals surface area contributed by atoms with Gasteiger partial charge in [0.1, 0.15) is 6.07 Å². The lowest BCUT2D eigenvalue weighted by molar-refractivity contribution is 0.401. The van der Waals surface area contributed by atoms with Crippen LogP contribution in [0.4, 0.5) is 5.69 Å². The molecule has 0 spiro atoms. The van der Waals surface area contributed by atoms with Gasteiger partial charge in [-0.3, -0.25) is 0 Å². The molecule has 0 saturated heterocycles. The lowest BCUT2D eigenvalue weighted by Gasteiger charge is -2.21. The van der Waals surface area contributed by atoms with Crippen LogP contribution in [0.25, 0.3) is 0 Å². The first kappa shape index (κ1) is 12.5. The van der Waals surface area contributed by atoms with Crippen LogP contribution >= 0.6 is 0 Å². The molecule has 0 aromatic heterocycles. The topological polar surface area (TPSA) is 30.3 Å². The van der Waals surface area contributed by atoms with Crippen molar-refractivity contribution in [2.45, 2.75) is 6.42 Å². The maximum atomic E-state index is 9.00. The SMILES string of the molecule is CN(C)CCCN(C)c1ccccc1C#N. The zero-order valence-corrected chi connectivity index (χ0v) is 10.3. The molecule has 0 N–H and O–H groups in total. The molecule has 3 heteroatoms. The van der Waals surface area contributed by atoms with Gasteiger partial charge in [-0.1, -0.05) is 12.1 Å². The number of benzene rings is 1. The summed E-state index contributed by atoms with van der Waals surface area (Å²) in [6.07, 6.45) is 1.10. The maximum Gasteiger partial charge on any atom is 0.101 e. The van der Waals surface area contributed by atoms with Crippen molar-refractivity contribution in [3.8, 4) is 6.07 Å². The van der Waals surface area contributed by atoms with Crippen LogP contribution in [0.5, 0.6) is 0 Å². The van der Waals surface area contributed by atoms with Crippen LogP contribution in [0, 0.1) is 11.3 Å². The summed E-state index contributed by atoms with van der Waals surface area (Å²) in [7, 11) is 6.18. The number of nitrogens with zero attached hydrogens (tertiary/aromatic N) is 3. The number of anilines is 1. The average molecular weight is 217 g/mol. The van der Waals surface area contributed by atoms with Gasteiger partial charge in [0.25, 0.3) is 0 Å². The second kappa shape index (κ2) is 6.14. The summed E-state index contributed by atoms with van der Waals surface area (Å²) in [6, 6.07) is 9.95. The van der Waals surface area contributed by atoms with Gasteiger partial charge in [0.05, 0.1) is 11.3 Å².